The number of aromatic nitrogens is 2. The largest absolute Gasteiger partial charge is 0.354 e. The summed E-state index contributed by atoms with van der Waals surface area (Å²) in [5.41, 5.74) is 7.84. The molecule has 0 fully saturated rings. The van der Waals surface area contributed by atoms with Gasteiger partial charge >= 0.3 is 0 Å². The lowest BCUT2D eigenvalue weighted by atomic mass is 9.83. The summed E-state index contributed by atoms with van der Waals surface area (Å²) in [7, 11) is 0. The number of nitrogens with zero attached hydrogens (tertiary/aromatic N) is 1. The lowest BCUT2D eigenvalue weighted by Gasteiger charge is -2.18. The van der Waals surface area contributed by atoms with E-state index in [2.05, 4.69) is 90.1 Å². The summed E-state index contributed by atoms with van der Waals surface area (Å²) in [6, 6.07) is 24.3. The Morgan fingerprint density at radius 2 is 1.60 bits per heavy atom. The summed E-state index contributed by atoms with van der Waals surface area (Å²) in [5, 5.41) is 3.91. The second kappa shape index (κ2) is 4.15. The number of hydrogen-bond acceptors (Lipinski definition) is 0. The van der Waals surface area contributed by atoms with E-state index in [1.165, 1.54) is 49.7 Å². The molecule has 2 aromatic heterocycles. The van der Waals surface area contributed by atoms with Crippen LogP contribution in [0.3, 0.4) is 0 Å². The summed E-state index contributed by atoms with van der Waals surface area (Å²) >= 11 is 0. The van der Waals surface area contributed by atoms with Crippen molar-refractivity contribution in [2.45, 2.75) is 19.3 Å². The topological polar surface area (TPSA) is 20.7 Å². The van der Waals surface area contributed by atoms with Crippen molar-refractivity contribution in [3.8, 4) is 5.69 Å². The van der Waals surface area contributed by atoms with Crippen LogP contribution in [0.2, 0.25) is 0 Å². The molecule has 0 amide bonds. The highest BCUT2D eigenvalue weighted by Crippen LogP contribution is 2.47. The first-order chi connectivity index (χ1) is 12.2. The monoisotopic (exact) mass is 322 g/mol. The minimum Gasteiger partial charge on any atom is -0.354 e. The molecule has 0 unspecified atom stereocenters. The van der Waals surface area contributed by atoms with E-state index in [4.69, 9.17) is 0 Å². The molecule has 6 rings (SSSR count). The Kier molecular flexibility index (Phi) is 2.21. The SMILES string of the molecule is CC1(C)c2ccccc2-n2c1cc1c3[nH]c4ccccc4c3ccc12. The molecule has 2 nitrogen and oxygen atoms in total. The molecule has 2 heteroatoms. The molecule has 120 valence electrons. The van der Waals surface area contributed by atoms with E-state index < -0.39 is 0 Å². The Balaban J connectivity index is 1.81. The van der Waals surface area contributed by atoms with Crippen molar-refractivity contribution in [1.29, 1.82) is 0 Å². The van der Waals surface area contributed by atoms with E-state index in [-0.39, 0.29) is 5.41 Å². The van der Waals surface area contributed by atoms with Gasteiger partial charge in [-0.3, -0.25) is 0 Å². The predicted octanol–water partition coefficient (Wildman–Crippen LogP) is 5.90. The van der Waals surface area contributed by atoms with Crippen molar-refractivity contribution in [2.24, 2.45) is 0 Å². The van der Waals surface area contributed by atoms with E-state index in [1.807, 2.05) is 0 Å². The highest BCUT2D eigenvalue weighted by Gasteiger charge is 2.37. The Hall–Kier alpha value is -3.00. The van der Waals surface area contributed by atoms with Crippen molar-refractivity contribution in [2.75, 3.05) is 0 Å². The first kappa shape index (κ1) is 13.3. The van der Waals surface area contributed by atoms with Crippen molar-refractivity contribution >= 4 is 32.7 Å². The van der Waals surface area contributed by atoms with Gasteiger partial charge in [-0.25, -0.2) is 0 Å². The third-order valence-corrected chi connectivity index (χ3v) is 5.92. The summed E-state index contributed by atoms with van der Waals surface area (Å²) in [5.74, 6) is 0. The lowest BCUT2D eigenvalue weighted by Crippen LogP contribution is -2.14. The summed E-state index contributed by atoms with van der Waals surface area (Å²) in [4.78, 5) is 3.65. The molecule has 25 heavy (non-hydrogen) atoms. The first-order valence-corrected chi connectivity index (χ1v) is 8.81. The van der Waals surface area contributed by atoms with Gasteiger partial charge in [0, 0.05) is 38.5 Å². The third kappa shape index (κ3) is 1.46. The maximum absolute atomic E-state index is 3.65. The van der Waals surface area contributed by atoms with Crippen LogP contribution in [0, 0.1) is 0 Å². The molecule has 0 radical (unpaired) electrons. The van der Waals surface area contributed by atoms with Crippen molar-refractivity contribution < 1.29 is 0 Å². The Morgan fingerprint density at radius 1 is 0.800 bits per heavy atom. The molecular formula is C23H18N2. The molecular weight excluding hydrogens is 304 g/mol. The second-order valence-electron chi connectivity index (χ2n) is 7.60. The number of fused-ring (bicyclic) bond motifs is 9. The molecule has 0 spiro atoms. The maximum atomic E-state index is 3.65. The number of para-hydroxylation sites is 2. The lowest BCUT2D eigenvalue weighted by molar-refractivity contribution is 0.645. The molecule has 1 aliphatic heterocycles. The van der Waals surface area contributed by atoms with Gasteiger partial charge in [-0.15, -0.1) is 0 Å². The van der Waals surface area contributed by atoms with E-state index >= 15 is 0 Å². The van der Waals surface area contributed by atoms with Crippen LogP contribution in [0.4, 0.5) is 0 Å². The van der Waals surface area contributed by atoms with E-state index in [0.717, 1.165) is 0 Å². The van der Waals surface area contributed by atoms with Crippen LogP contribution in [0.5, 0.6) is 0 Å². The Morgan fingerprint density at radius 3 is 2.52 bits per heavy atom. The Labute approximate surface area is 145 Å². The zero-order valence-electron chi connectivity index (χ0n) is 14.3. The van der Waals surface area contributed by atoms with Crippen LogP contribution >= 0.6 is 0 Å². The highest BCUT2D eigenvalue weighted by atomic mass is 15.0. The quantitative estimate of drug-likeness (QED) is 0.366. The Bertz CT molecular complexity index is 1310. The average Bonchev–Trinajstić information content (AvgIpc) is 3.25. The van der Waals surface area contributed by atoms with Crippen LogP contribution in [-0.2, 0) is 5.41 Å². The minimum absolute atomic E-state index is 0.0218. The molecule has 0 bridgehead atoms. The van der Waals surface area contributed by atoms with Crippen LogP contribution in [0.1, 0.15) is 25.1 Å². The fourth-order valence-electron chi connectivity index (χ4n) is 4.66. The van der Waals surface area contributed by atoms with Gasteiger partial charge in [0.15, 0.2) is 0 Å². The summed E-state index contributed by atoms with van der Waals surface area (Å²) < 4.78 is 2.44. The average molecular weight is 322 g/mol. The third-order valence-electron chi connectivity index (χ3n) is 5.92. The van der Waals surface area contributed by atoms with Gasteiger partial charge in [0.2, 0.25) is 0 Å². The fraction of sp³-hybridized carbons (Fsp3) is 0.130. The van der Waals surface area contributed by atoms with Crippen molar-refractivity contribution in [3.05, 3.63) is 78.0 Å². The van der Waals surface area contributed by atoms with Gasteiger partial charge in [0.25, 0.3) is 0 Å². The molecule has 0 saturated heterocycles. The molecule has 0 aliphatic carbocycles. The van der Waals surface area contributed by atoms with Gasteiger partial charge in [-0.1, -0.05) is 56.3 Å². The maximum Gasteiger partial charge on any atom is 0.0560 e. The van der Waals surface area contributed by atoms with Gasteiger partial charge in [-0.2, -0.15) is 0 Å². The standard InChI is InChI=1S/C23H18N2/c1-23(2)17-8-4-6-10-20(17)25-19-12-11-15-14-7-3-5-9-18(14)24-22(15)16(19)13-21(23)25/h3-13,24H,1-2H3. The highest BCUT2D eigenvalue weighted by molar-refractivity contribution is 6.17. The van der Waals surface area contributed by atoms with Crippen molar-refractivity contribution in [3.63, 3.8) is 0 Å². The normalized spacial score (nSPS) is 15.1. The molecule has 1 aliphatic rings. The van der Waals surface area contributed by atoms with Gasteiger partial charge < -0.3 is 9.55 Å². The smallest absolute Gasteiger partial charge is 0.0560 e. The number of benzene rings is 3. The van der Waals surface area contributed by atoms with E-state index in [0.29, 0.717) is 0 Å². The van der Waals surface area contributed by atoms with E-state index in [1.54, 1.807) is 0 Å². The zero-order valence-corrected chi connectivity index (χ0v) is 14.3. The van der Waals surface area contributed by atoms with Crippen LogP contribution in [0.15, 0.2) is 66.7 Å². The van der Waals surface area contributed by atoms with E-state index in [9.17, 15) is 0 Å². The molecule has 0 saturated carbocycles. The van der Waals surface area contributed by atoms with Gasteiger partial charge in [0.1, 0.15) is 0 Å². The molecule has 5 aromatic rings. The molecule has 3 heterocycles. The first-order valence-electron chi connectivity index (χ1n) is 8.81. The fourth-order valence-corrected chi connectivity index (χ4v) is 4.66. The summed E-state index contributed by atoms with van der Waals surface area (Å²) in [6.45, 7) is 4.65. The van der Waals surface area contributed by atoms with Gasteiger partial charge in [0.05, 0.1) is 11.0 Å². The summed E-state index contributed by atoms with van der Waals surface area (Å²) in [6.07, 6.45) is 0. The van der Waals surface area contributed by atoms with Crippen LogP contribution in [0.25, 0.3) is 38.4 Å². The number of hydrogen-bond donors (Lipinski definition) is 1. The zero-order chi connectivity index (χ0) is 16.8. The predicted molar refractivity (Wildman–Crippen MR) is 105 cm³/mol. The number of nitrogens with one attached hydrogen (secondary N) is 1. The molecule has 0 atom stereocenters. The van der Waals surface area contributed by atoms with Crippen LogP contribution < -0.4 is 0 Å². The van der Waals surface area contributed by atoms with Crippen molar-refractivity contribution in [1.82, 2.24) is 9.55 Å². The number of H-pyrrole nitrogens is 1. The molecule has 3 aromatic carbocycles. The molecule has 1 N–H and O–H groups in total. The minimum atomic E-state index is 0.0218. The second-order valence-corrected chi connectivity index (χ2v) is 7.60. The number of rotatable bonds is 0. The van der Waals surface area contributed by atoms with Gasteiger partial charge in [-0.05, 0) is 29.8 Å². The van der Waals surface area contributed by atoms with Crippen LogP contribution in [-0.4, -0.2) is 9.55 Å². The number of aromatic amines is 1.